The van der Waals surface area contributed by atoms with Gasteiger partial charge in [-0.3, -0.25) is 9.78 Å². The van der Waals surface area contributed by atoms with Crippen LogP contribution in [0.25, 0.3) is 22.4 Å². The van der Waals surface area contributed by atoms with Gasteiger partial charge < -0.3 is 11.1 Å². The first-order chi connectivity index (χ1) is 14.9. The van der Waals surface area contributed by atoms with Crippen molar-refractivity contribution in [3.63, 3.8) is 0 Å². The van der Waals surface area contributed by atoms with E-state index < -0.39 is 10.0 Å². The first-order valence-electron chi connectivity index (χ1n) is 10.1. The molecular formula is C22H21N5O3S. The number of hydrogen-bond acceptors (Lipinski definition) is 6. The van der Waals surface area contributed by atoms with E-state index in [-0.39, 0.29) is 16.8 Å². The van der Waals surface area contributed by atoms with Gasteiger partial charge in [-0.05, 0) is 54.7 Å². The Morgan fingerprint density at radius 2 is 1.84 bits per heavy atom. The minimum Gasteiger partial charge on any atom is -0.383 e. The quantitative estimate of drug-likeness (QED) is 0.563. The Hall–Kier alpha value is -3.30. The summed E-state index contributed by atoms with van der Waals surface area (Å²) >= 11 is 0. The number of fused-ring (bicyclic) bond motifs is 1. The molecule has 4 N–H and O–H groups in total. The summed E-state index contributed by atoms with van der Waals surface area (Å²) in [6.07, 6.45) is 5.47. The number of nitrogens with two attached hydrogens (primary N) is 1. The highest BCUT2D eigenvalue weighted by atomic mass is 32.2. The summed E-state index contributed by atoms with van der Waals surface area (Å²) in [5.41, 5.74) is 10.7. The van der Waals surface area contributed by atoms with Crippen LogP contribution in [-0.2, 0) is 16.4 Å². The second kappa shape index (κ2) is 7.44. The molecule has 1 aromatic carbocycles. The second-order valence-corrected chi connectivity index (χ2v) is 9.52. The van der Waals surface area contributed by atoms with E-state index in [0.717, 1.165) is 41.5 Å². The average Bonchev–Trinajstić information content (AvgIpc) is 3.57. The Bertz CT molecular complexity index is 1280. The van der Waals surface area contributed by atoms with Gasteiger partial charge in [0.2, 0.25) is 10.0 Å². The van der Waals surface area contributed by atoms with Crippen molar-refractivity contribution in [2.45, 2.75) is 30.2 Å². The number of pyridine rings is 2. The molecule has 158 valence electrons. The van der Waals surface area contributed by atoms with Crippen LogP contribution in [0.4, 0.5) is 5.82 Å². The number of rotatable bonds is 5. The van der Waals surface area contributed by atoms with E-state index in [1.807, 2.05) is 18.2 Å². The van der Waals surface area contributed by atoms with Crippen LogP contribution in [0, 0.1) is 0 Å². The minimum absolute atomic E-state index is 0.0382. The maximum Gasteiger partial charge on any atom is 0.251 e. The van der Waals surface area contributed by atoms with Gasteiger partial charge in [-0.25, -0.2) is 18.1 Å². The third-order valence-corrected chi connectivity index (χ3v) is 7.01. The third kappa shape index (κ3) is 3.89. The topological polar surface area (TPSA) is 127 Å². The summed E-state index contributed by atoms with van der Waals surface area (Å²) < 4.78 is 27.3. The molecule has 9 heteroatoms. The number of carbonyl (C=O) groups excluding carboxylic acids is 1. The SMILES string of the molecule is Nc1ncc(-c2ccc(S(=O)(=O)NC3CC3)cn2)cc1-c1ccc2c(c1)CCNC2=O. The third-order valence-electron chi connectivity index (χ3n) is 5.50. The molecule has 1 aliphatic heterocycles. The van der Waals surface area contributed by atoms with Crippen LogP contribution in [-0.4, -0.2) is 36.9 Å². The summed E-state index contributed by atoms with van der Waals surface area (Å²) in [5, 5.41) is 2.84. The maximum atomic E-state index is 12.3. The molecule has 1 aliphatic carbocycles. The zero-order valence-corrected chi connectivity index (χ0v) is 17.4. The van der Waals surface area contributed by atoms with E-state index in [2.05, 4.69) is 20.0 Å². The van der Waals surface area contributed by atoms with E-state index in [1.165, 1.54) is 6.20 Å². The van der Waals surface area contributed by atoms with Crippen molar-refractivity contribution in [1.29, 1.82) is 0 Å². The highest BCUT2D eigenvalue weighted by molar-refractivity contribution is 7.89. The molecular weight excluding hydrogens is 414 g/mol. The molecule has 0 unspecified atom stereocenters. The Balaban J connectivity index is 1.47. The number of sulfonamides is 1. The predicted molar refractivity (Wildman–Crippen MR) is 117 cm³/mol. The van der Waals surface area contributed by atoms with Crippen molar-refractivity contribution in [1.82, 2.24) is 20.0 Å². The Labute approximate surface area is 180 Å². The molecule has 0 bridgehead atoms. The van der Waals surface area contributed by atoms with E-state index >= 15 is 0 Å². The maximum absolute atomic E-state index is 12.3. The van der Waals surface area contributed by atoms with Gasteiger partial charge in [-0.2, -0.15) is 0 Å². The Kier molecular flexibility index (Phi) is 4.71. The summed E-state index contributed by atoms with van der Waals surface area (Å²) in [7, 11) is -3.55. The van der Waals surface area contributed by atoms with Crippen molar-refractivity contribution >= 4 is 21.7 Å². The number of anilines is 1. The molecule has 8 nitrogen and oxygen atoms in total. The van der Waals surface area contributed by atoms with Crippen molar-refractivity contribution in [2.24, 2.45) is 0 Å². The fourth-order valence-corrected chi connectivity index (χ4v) is 4.89. The van der Waals surface area contributed by atoms with Crippen molar-refractivity contribution in [3.05, 3.63) is 59.9 Å². The van der Waals surface area contributed by atoms with Crippen LogP contribution in [0.1, 0.15) is 28.8 Å². The lowest BCUT2D eigenvalue weighted by Gasteiger charge is -2.17. The van der Waals surface area contributed by atoms with Crippen LogP contribution in [0.5, 0.6) is 0 Å². The lowest BCUT2D eigenvalue weighted by molar-refractivity contribution is 0.0946. The number of amides is 1. The molecule has 0 spiro atoms. The van der Waals surface area contributed by atoms with Gasteiger partial charge in [0.1, 0.15) is 10.7 Å². The van der Waals surface area contributed by atoms with Gasteiger partial charge in [0.25, 0.3) is 5.91 Å². The van der Waals surface area contributed by atoms with Gasteiger partial charge in [0, 0.05) is 41.7 Å². The largest absolute Gasteiger partial charge is 0.383 e. The van der Waals surface area contributed by atoms with Gasteiger partial charge in [-0.15, -0.1) is 0 Å². The van der Waals surface area contributed by atoms with Crippen LogP contribution < -0.4 is 15.8 Å². The number of nitrogen functional groups attached to an aromatic ring is 1. The number of carbonyl (C=O) groups is 1. The average molecular weight is 436 g/mol. The van der Waals surface area contributed by atoms with Crippen molar-refractivity contribution in [2.75, 3.05) is 12.3 Å². The standard InChI is InChI=1S/C22H21N5O3S/c23-21-19(13-1-5-18-14(9-13)7-8-24-22(18)28)10-15(11-26-21)20-6-4-17(12-25-20)31(29,30)27-16-2-3-16/h1,4-6,9-12,16,27H,2-3,7-8H2,(H2,23,26)(H,24,28). The molecule has 0 radical (unpaired) electrons. The highest BCUT2D eigenvalue weighted by Crippen LogP contribution is 2.31. The summed E-state index contributed by atoms with van der Waals surface area (Å²) in [6, 6.07) is 10.8. The second-order valence-electron chi connectivity index (χ2n) is 7.81. The number of nitrogens with zero attached hydrogens (tertiary/aromatic N) is 2. The first kappa shape index (κ1) is 19.7. The summed E-state index contributed by atoms with van der Waals surface area (Å²) in [4.78, 5) is 20.8. The molecule has 1 amide bonds. The fraction of sp³-hybridized carbons (Fsp3) is 0.227. The Morgan fingerprint density at radius 3 is 2.58 bits per heavy atom. The lowest BCUT2D eigenvalue weighted by atomic mass is 9.94. The van der Waals surface area contributed by atoms with Gasteiger partial charge in [0.05, 0.1) is 5.69 Å². The summed E-state index contributed by atoms with van der Waals surface area (Å²) in [6.45, 7) is 0.609. The smallest absolute Gasteiger partial charge is 0.251 e. The van der Waals surface area contributed by atoms with Crippen LogP contribution in [0.2, 0.25) is 0 Å². The van der Waals surface area contributed by atoms with Crippen LogP contribution in [0.15, 0.2) is 53.7 Å². The monoisotopic (exact) mass is 435 g/mol. The summed E-state index contributed by atoms with van der Waals surface area (Å²) in [5.74, 6) is 0.305. The fourth-order valence-electron chi connectivity index (χ4n) is 3.64. The highest BCUT2D eigenvalue weighted by Gasteiger charge is 2.28. The zero-order valence-electron chi connectivity index (χ0n) is 16.6. The normalized spacial score (nSPS) is 15.9. The lowest BCUT2D eigenvalue weighted by Crippen LogP contribution is -2.31. The molecule has 1 saturated carbocycles. The van der Waals surface area contributed by atoms with Crippen molar-refractivity contribution in [3.8, 4) is 22.4 Å². The first-order valence-corrected chi connectivity index (χ1v) is 11.5. The van der Waals surface area contributed by atoms with Gasteiger partial charge >= 0.3 is 0 Å². The number of hydrogen-bond donors (Lipinski definition) is 3. The van der Waals surface area contributed by atoms with Gasteiger partial charge in [-0.1, -0.05) is 12.1 Å². The van der Waals surface area contributed by atoms with E-state index in [9.17, 15) is 13.2 Å². The predicted octanol–water partition coefficient (Wildman–Crippen LogP) is 2.12. The molecule has 3 aromatic rings. The van der Waals surface area contributed by atoms with E-state index in [1.54, 1.807) is 24.4 Å². The molecule has 2 aliphatic rings. The van der Waals surface area contributed by atoms with Crippen LogP contribution >= 0.6 is 0 Å². The van der Waals surface area contributed by atoms with Crippen molar-refractivity contribution < 1.29 is 13.2 Å². The molecule has 2 aromatic heterocycles. The Morgan fingerprint density at radius 1 is 1.00 bits per heavy atom. The molecule has 5 rings (SSSR count). The number of benzene rings is 1. The molecule has 1 fully saturated rings. The molecule has 0 atom stereocenters. The number of aromatic nitrogens is 2. The molecule has 0 saturated heterocycles. The molecule has 31 heavy (non-hydrogen) atoms. The number of nitrogens with one attached hydrogen (secondary N) is 2. The minimum atomic E-state index is -3.55. The molecule has 3 heterocycles. The van der Waals surface area contributed by atoms with E-state index in [0.29, 0.717) is 23.6 Å². The van der Waals surface area contributed by atoms with Gasteiger partial charge in [0.15, 0.2) is 0 Å². The van der Waals surface area contributed by atoms with Crippen LogP contribution in [0.3, 0.4) is 0 Å². The van der Waals surface area contributed by atoms with E-state index in [4.69, 9.17) is 5.73 Å². The zero-order chi connectivity index (χ0) is 21.6.